The first-order valence-electron chi connectivity index (χ1n) is 6.91. The van der Waals surface area contributed by atoms with Gasteiger partial charge in [-0.25, -0.2) is 0 Å². The second-order valence-electron chi connectivity index (χ2n) is 5.22. The summed E-state index contributed by atoms with van der Waals surface area (Å²) < 4.78 is 0. The van der Waals surface area contributed by atoms with E-state index < -0.39 is 0 Å². The molecule has 1 aliphatic carbocycles. The maximum atomic E-state index is 12.2. The molecule has 1 atom stereocenters. The van der Waals surface area contributed by atoms with Crippen LogP contribution >= 0.6 is 22.7 Å². The number of nitrogens with zero attached hydrogens (tertiary/aromatic N) is 2. The van der Waals surface area contributed by atoms with Gasteiger partial charge in [-0.1, -0.05) is 25.2 Å². The number of hydrogen-bond donors (Lipinski definition) is 1. The van der Waals surface area contributed by atoms with E-state index >= 15 is 0 Å². The van der Waals surface area contributed by atoms with Gasteiger partial charge in [0.1, 0.15) is 5.01 Å². The van der Waals surface area contributed by atoms with Gasteiger partial charge < -0.3 is 0 Å². The van der Waals surface area contributed by atoms with Crippen molar-refractivity contribution in [3.63, 3.8) is 0 Å². The van der Waals surface area contributed by atoms with Crippen molar-refractivity contribution in [3.8, 4) is 0 Å². The van der Waals surface area contributed by atoms with Crippen LogP contribution in [-0.2, 0) is 19.3 Å². The summed E-state index contributed by atoms with van der Waals surface area (Å²) in [7, 11) is 0. The fraction of sp³-hybridized carbons (Fsp3) is 0.500. The number of aryl methyl sites for hydroxylation is 2. The Labute approximate surface area is 126 Å². The largest absolute Gasteiger partial charge is 0.296 e. The zero-order valence-corrected chi connectivity index (χ0v) is 13.2. The number of amides is 1. The molecule has 20 heavy (non-hydrogen) atoms. The lowest BCUT2D eigenvalue weighted by molar-refractivity contribution is 0.103. The highest BCUT2D eigenvalue weighted by molar-refractivity contribution is 7.16. The first kappa shape index (κ1) is 13.7. The van der Waals surface area contributed by atoms with Gasteiger partial charge in [0.2, 0.25) is 5.13 Å². The number of thiophene rings is 1. The average molecular weight is 307 g/mol. The van der Waals surface area contributed by atoms with E-state index in [1.54, 1.807) is 11.3 Å². The molecule has 4 nitrogen and oxygen atoms in total. The molecule has 0 saturated carbocycles. The fourth-order valence-corrected chi connectivity index (χ4v) is 4.20. The molecule has 0 bridgehead atoms. The Kier molecular flexibility index (Phi) is 3.85. The third-order valence-corrected chi connectivity index (χ3v) is 5.76. The molecule has 2 heterocycles. The van der Waals surface area contributed by atoms with Crippen molar-refractivity contribution in [2.75, 3.05) is 5.32 Å². The van der Waals surface area contributed by atoms with Crippen LogP contribution in [-0.4, -0.2) is 16.1 Å². The maximum absolute atomic E-state index is 12.2. The fourth-order valence-electron chi connectivity index (χ4n) is 2.42. The van der Waals surface area contributed by atoms with Crippen molar-refractivity contribution in [1.29, 1.82) is 0 Å². The predicted molar refractivity (Wildman–Crippen MR) is 82.7 cm³/mol. The molecule has 1 amide bonds. The van der Waals surface area contributed by atoms with E-state index in [1.165, 1.54) is 28.2 Å². The lowest BCUT2D eigenvalue weighted by Gasteiger charge is -2.16. The van der Waals surface area contributed by atoms with E-state index in [0.717, 1.165) is 35.1 Å². The minimum Gasteiger partial charge on any atom is -0.296 e. The molecule has 0 aliphatic heterocycles. The molecular formula is C14H17N3OS2. The molecule has 0 spiro atoms. The molecule has 0 aromatic carbocycles. The number of fused-ring (bicyclic) bond motifs is 1. The van der Waals surface area contributed by atoms with Crippen molar-refractivity contribution in [2.24, 2.45) is 5.92 Å². The third kappa shape index (κ3) is 2.76. The molecule has 0 fully saturated rings. The van der Waals surface area contributed by atoms with Gasteiger partial charge in [0, 0.05) is 4.88 Å². The summed E-state index contributed by atoms with van der Waals surface area (Å²) in [4.78, 5) is 14.4. The predicted octanol–water partition coefficient (Wildman–Crippen LogP) is 3.54. The van der Waals surface area contributed by atoms with Gasteiger partial charge >= 0.3 is 0 Å². The van der Waals surface area contributed by atoms with Crippen molar-refractivity contribution < 1.29 is 4.79 Å². The first-order chi connectivity index (χ1) is 9.65. The highest BCUT2D eigenvalue weighted by atomic mass is 32.1. The molecule has 1 aliphatic rings. The summed E-state index contributed by atoms with van der Waals surface area (Å²) in [6, 6.07) is 2.05. The summed E-state index contributed by atoms with van der Waals surface area (Å²) in [6.45, 7) is 4.30. The Hall–Kier alpha value is -1.27. The molecule has 2 aromatic rings. The quantitative estimate of drug-likeness (QED) is 0.943. The molecular weight excluding hydrogens is 290 g/mol. The van der Waals surface area contributed by atoms with Crippen LogP contribution in [0, 0.1) is 5.92 Å². The van der Waals surface area contributed by atoms with Crippen LogP contribution in [0.5, 0.6) is 0 Å². The van der Waals surface area contributed by atoms with Crippen molar-refractivity contribution in [2.45, 2.75) is 39.5 Å². The second-order valence-corrected chi connectivity index (χ2v) is 7.41. The summed E-state index contributed by atoms with van der Waals surface area (Å²) in [5, 5.41) is 12.4. The summed E-state index contributed by atoms with van der Waals surface area (Å²) >= 11 is 3.06. The number of hydrogen-bond acceptors (Lipinski definition) is 5. The number of carbonyl (C=O) groups excluding carboxylic acids is 1. The lowest BCUT2D eigenvalue weighted by Crippen LogP contribution is -2.10. The molecule has 3 rings (SSSR count). The zero-order chi connectivity index (χ0) is 14.1. The Bertz CT molecular complexity index is 632. The minimum absolute atomic E-state index is 0.0594. The van der Waals surface area contributed by atoms with Gasteiger partial charge in [0.05, 0.1) is 4.88 Å². The van der Waals surface area contributed by atoms with Gasteiger partial charge in [0.25, 0.3) is 5.91 Å². The third-order valence-electron chi connectivity index (χ3n) is 3.54. The standard InChI is InChI=1S/C14H17N3OS2/c1-3-12-16-17-14(20-12)15-13(18)11-7-9-6-8(2)4-5-10(9)19-11/h7-8H,3-6H2,1-2H3,(H,15,17,18)/t8-/m1/s1. The van der Waals surface area contributed by atoms with Crippen molar-refractivity contribution in [1.82, 2.24) is 10.2 Å². The molecule has 1 N–H and O–H groups in total. The van der Waals surface area contributed by atoms with Gasteiger partial charge in [-0.3, -0.25) is 10.1 Å². The number of nitrogens with one attached hydrogen (secondary N) is 1. The molecule has 0 saturated heterocycles. The second kappa shape index (κ2) is 5.61. The van der Waals surface area contributed by atoms with Crippen LogP contribution in [0.1, 0.15) is 45.4 Å². The van der Waals surface area contributed by atoms with E-state index in [9.17, 15) is 4.79 Å². The molecule has 6 heteroatoms. The van der Waals surface area contributed by atoms with E-state index in [4.69, 9.17) is 0 Å². The van der Waals surface area contributed by atoms with Crippen LogP contribution in [0.3, 0.4) is 0 Å². The van der Waals surface area contributed by atoms with Crippen LogP contribution in [0.4, 0.5) is 5.13 Å². The van der Waals surface area contributed by atoms with E-state index in [2.05, 4.69) is 22.4 Å². The molecule has 106 valence electrons. The first-order valence-corrected chi connectivity index (χ1v) is 8.54. The molecule has 0 radical (unpaired) electrons. The van der Waals surface area contributed by atoms with Crippen LogP contribution in [0.15, 0.2) is 6.07 Å². The zero-order valence-electron chi connectivity index (χ0n) is 11.6. The monoisotopic (exact) mass is 307 g/mol. The molecule has 2 aromatic heterocycles. The topological polar surface area (TPSA) is 54.9 Å². The van der Waals surface area contributed by atoms with Crippen molar-refractivity contribution in [3.05, 3.63) is 26.4 Å². The lowest BCUT2D eigenvalue weighted by atomic mass is 9.90. The Morgan fingerprint density at radius 2 is 2.30 bits per heavy atom. The highest BCUT2D eigenvalue weighted by Crippen LogP contribution is 2.32. The van der Waals surface area contributed by atoms with Crippen molar-refractivity contribution >= 4 is 33.7 Å². The number of anilines is 1. The number of carbonyl (C=O) groups is 1. The summed E-state index contributed by atoms with van der Waals surface area (Å²) in [6.07, 6.45) is 4.27. The SMILES string of the molecule is CCc1nnc(NC(=O)c2cc3c(s2)CC[C@@H](C)C3)s1. The van der Waals surface area contributed by atoms with Crippen LogP contribution in [0.2, 0.25) is 0 Å². The van der Waals surface area contributed by atoms with Gasteiger partial charge in [-0.05, 0) is 43.2 Å². The van der Waals surface area contributed by atoms with E-state index in [0.29, 0.717) is 5.13 Å². The van der Waals surface area contributed by atoms with Gasteiger partial charge in [-0.15, -0.1) is 21.5 Å². The van der Waals surface area contributed by atoms with Crippen LogP contribution < -0.4 is 5.32 Å². The Morgan fingerprint density at radius 1 is 1.45 bits per heavy atom. The van der Waals surface area contributed by atoms with Crippen LogP contribution in [0.25, 0.3) is 0 Å². The average Bonchev–Trinajstić information content (AvgIpc) is 3.04. The summed E-state index contributed by atoms with van der Waals surface area (Å²) in [5.41, 5.74) is 1.35. The van der Waals surface area contributed by atoms with Gasteiger partial charge in [0.15, 0.2) is 0 Å². The Balaban J connectivity index is 1.74. The number of aromatic nitrogens is 2. The Morgan fingerprint density at radius 3 is 3.05 bits per heavy atom. The minimum atomic E-state index is -0.0594. The molecule has 0 unspecified atom stereocenters. The van der Waals surface area contributed by atoms with E-state index in [1.807, 2.05) is 13.0 Å². The number of rotatable bonds is 3. The highest BCUT2D eigenvalue weighted by Gasteiger charge is 2.21. The van der Waals surface area contributed by atoms with Gasteiger partial charge in [-0.2, -0.15) is 0 Å². The maximum Gasteiger partial charge on any atom is 0.267 e. The smallest absolute Gasteiger partial charge is 0.267 e. The normalized spacial score (nSPS) is 17.8. The summed E-state index contributed by atoms with van der Waals surface area (Å²) in [5.74, 6) is 0.666. The van der Waals surface area contributed by atoms with E-state index in [-0.39, 0.29) is 5.91 Å².